The maximum atomic E-state index is 5.70. The van der Waals surface area contributed by atoms with E-state index in [1.807, 2.05) is 36.4 Å². The number of thiocarbonyl (C=S) groups is 1. The molecule has 2 aromatic rings. The Morgan fingerprint density at radius 2 is 1.60 bits per heavy atom. The van der Waals surface area contributed by atoms with Crippen molar-refractivity contribution in [1.82, 2.24) is 4.90 Å². The third-order valence-electron chi connectivity index (χ3n) is 4.71. The topological polar surface area (TPSA) is 45.8 Å². The van der Waals surface area contributed by atoms with E-state index in [1.54, 1.807) is 7.11 Å². The minimum atomic E-state index is 0. The fraction of sp³-hybridized carbons (Fsp3) is 0.435. The normalized spacial score (nSPS) is 10.3. The standard InChI is InChI=1S/C23H33N3O2S.ClH/c1-5-8-15-28-21-12-9-19(10-13-21)24-23(29)25-20-11-14-22(27-4)18(16-20)17-26(6-2)7-3;/h9-14,16H,5-8,15,17H2,1-4H3,(H2,24,25,29);1H. The van der Waals surface area contributed by atoms with Crippen LogP contribution in [0.1, 0.15) is 39.2 Å². The molecule has 0 aliphatic carbocycles. The summed E-state index contributed by atoms with van der Waals surface area (Å²) >= 11 is 5.48. The number of ether oxygens (including phenoxy) is 2. The largest absolute Gasteiger partial charge is 0.496 e. The van der Waals surface area contributed by atoms with Crippen molar-refractivity contribution in [1.29, 1.82) is 0 Å². The van der Waals surface area contributed by atoms with E-state index in [1.165, 1.54) is 0 Å². The highest BCUT2D eigenvalue weighted by molar-refractivity contribution is 7.80. The van der Waals surface area contributed by atoms with Gasteiger partial charge in [-0.3, -0.25) is 4.90 Å². The molecule has 0 aliphatic rings. The summed E-state index contributed by atoms with van der Waals surface area (Å²) in [5.41, 5.74) is 2.99. The number of halogens is 1. The zero-order chi connectivity index (χ0) is 21.1. The monoisotopic (exact) mass is 451 g/mol. The lowest BCUT2D eigenvalue weighted by Gasteiger charge is -2.20. The van der Waals surface area contributed by atoms with Gasteiger partial charge in [-0.15, -0.1) is 12.4 Å². The van der Waals surface area contributed by atoms with Gasteiger partial charge in [-0.05, 0) is 74.2 Å². The molecule has 0 fully saturated rings. The first-order chi connectivity index (χ1) is 14.1. The molecule has 0 amide bonds. The Morgan fingerprint density at radius 1 is 0.967 bits per heavy atom. The molecule has 2 rings (SSSR count). The first-order valence-electron chi connectivity index (χ1n) is 10.3. The van der Waals surface area contributed by atoms with Gasteiger partial charge in [0.15, 0.2) is 5.11 Å². The molecule has 0 heterocycles. The number of nitrogens with zero attached hydrogens (tertiary/aromatic N) is 1. The summed E-state index contributed by atoms with van der Waals surface area (Å²) in [5.74, 6) is 1.76. The second-order valence-electron chi connectivity index (χ2n) is 6.79. The van der Waals surface area contributed by atoms with Crippen molar-refractivity contribution >= 4 is 41.1 Å². The average Bonchev–Trinajstić information content (AvgIpc) is 2.73. The van der Waals surface area contributed by atoms with Gasteiger partial charge in [-0.1, -0.05) is 27.2 Å². The summed E-state index contributed by atoms with van der Waals surface area (Å²) in [6.45, 7) is 10.1. The van der Waals surface area contributed by atoms with E-state index in [2.05, 4.69) is 42.4 Å². The number of rotatable bonds is 11. The van der Waals surface area contributed by atoms with Gasteiger partial charge in [0.25, 0.3) is 0 Å². The Balaban J connectivity index is 0.00000450. The smallest absolute Gasteiger partial charge is 0.175 e. The molecule has 0 saturated heterocycles. The van der Waals surface area contributed by atoms with Crippen LogP contribution in [0.2, 0.25) is 0 Å². The highest BCUT2D eigenvalue weighted by atomic mass is 35.5. The lowest BCUT2D eigenvalue weighted by atomic mass is 10.1. The van der Waals surface area contributed by atoms with Crippen molar-refractivity contribution in [2.24, 2.45) is 0 Å². The second kappa shape index (κ2) is 14.1. The van der Waals surface area contributed by atoms with Gasteiger partial charge in [0.05, 0.1) is 13.7 Å². The Bertz CT molecular complexity index is 768. The quantitative estimate of drug-likeness (QED) is 0.325. The summed E-state index contributed by atoms with van der Waals surface area (Å²) in [6, 6.07) is 13.9. The van der Waals surface area contributed by atoms with Gasteiger partial charge in [-0.2, -0.15) is 0 Å². The third kappa shape index (κ3) is 8.38. The van der Waals surface area contributed by atoms with E-state index in [-0.39, 0.29) is 12.4 Å². The molecule has 5 nitrogen and oxygen atoms in total. The number of unbranched alkanes of at least 4 members (excludes halogenated alkanes) is 1. The van der Waals surface area contributed by atoms with Gasteiger partial charge in [0.2, 0.25) is 0 Å². The zero-order valence-corrected chi connectivity index (χ0v) is 20.0. The average molecular weight is 452 g/mol. The van der Waals surface area contributed by atoms with Crippen molar-refractivity contribution in [3.8, 4) is 11.5 Å². The van der Waals surface area contributed by atoms with Crippen LogP contribution in [0.5, 0.6) is 11.5 Å². The van der Waals surface area contributed by atoms with Crippen LogP contribution >= 0.6 is 24.6 Å². The molecule has 2 N–H and O–H groups in total. The maximum absolute atomic E-state index is 5.70. The van der Waals surface area contributed by atoms with Crippen LogP contribution in [0.4, 0.5) is 11.4 Å². The Kier molecular flexibility index (Phi) is 12.2. The molecule has 0 unspecified atom stereocenters. The molecule has 0 aromatic heterocycles. The first-order valence-corrected chi connectivity index (χ1v) is 10.7. The van der Waals surface area contributed by atoms with E-state index in [4.69, 9.17) is 21.7 Å². The van der Waals surface area contributed by atoms with Crippen LogP contribution < -0.4 is 20.1 Å². The predicted molar refractivity (Wildman–Crippen MR) is 134 cm³/mol. The summed E-state index contributed by atoms with van der Waals surface area (Å²) in [7, 11) is 1.70. The molecule has 0 radical (unpaired) electrons. The highest BCUT2D eigenvalue weighted by Gasteiger charge is 2.09. The molecule has 0 saturated carbocycles. The van der Waals surface area contributed by atoms with E-state index in [0.717, 1.165) is 67.5 Å². The molecular formula is C23H34ClN3O2S. The van der Waals surface area contributed by atoms with Crippen molar-refractivity contribution in [3.63, 3.8) is 0 Å². The van der Waals surface area contributed by atoms with E-state index < -0.39 is 0 Å². The van der Waals surface area contributed by atoms with Crippen LogP contribution in [0.15, 0.2) is 42.5 Å². The number of hydrogen-bond acceptors (Lipinski definition) is 4. The molecule has 0 atom stereocenters. The van der Waals surface area contributed by atoms with E-state index in [9.17, 15) is 0 Å². The van der Waals surface area contributed by atoms with Crippen molar-refractivity contribution < 1.29 is 9.47 Å². The van der Waals surface area contributed by atoms with Gasteiger partial charge in [0, 0.05) is 23.5 Å². The molecule has 0 aliphatic heterocycles. The van der Waals surface area contributed by atoms with Gasteiger partial charge in [0.1, 0.15) is 11.5 Å². The molecular weight excluding hydrogens is 418 g/mol. The van der Waals surface area contributed by atoms with Crippen molar-refractivity contribution in [2.75, 3.05) is 37.4 Å². The Labute approximate surface area is 192 Å². The minimum Gasteiger partial charge on any atom is -0.496 e. The fourth-order valence-electron chi connectivity index (χ4n) is 2.93. The Hall–Kier alpha value is -2.02. The van der Waals surface area contributed by atoms with Crippen molar-refractivity contribution in [3.05, 3.63) is 48.0 Å². The second-order valence-corrected chi connectivity index (χ2v) is 7.20. The summed E-state index contributed by atoms with van der Waals surface area (Å²) in [5, 5.41) is 7.03. The zero-order valence-electron chi connectivity index (χ0n) is 18.4. The number of hydrogen-bond donors (Lipinski definition) is 2. The van der Waals surface area contributed by atoms with E-state index in [0.29, 0.717) is 5.11 Å². The molecule has 166 valence electrons. The molecule has 2 aromatic carbocycles. The highest BCUT2D eigenvalue weighted by Crippen LogP contribution is 2.24. The van der Waals surface area contributed by atoms with Gasteiger partial charge < -0.3 is 20.1 Å². The van der Waals surface area contributed by atoms with Crippen LogP contribution in [0.25, 0.3) is 0 Å². The van der Waals surface area contributed by atoms with Gasteiger partial charge in [-0.25, -0.2) is 0 Å². The first kappa shape index (κ1) is 26.0. The lowest BCUT2D eigenvalue weighted by Crippen LogP contribution is -2.23. The number of benzene rings is 2. The van der Waals surface area contributed by atoms with Crippen LogP contribution in [-0.2, 0) is 6.54 Å². The number of anilines is 2. The summed E-state index contributed by atoms with van der Waals surface area (Å²) in [4.78, 5) is 2.35. The van der Waals surface area contributed by atoms with E-state index >= 15 is 0 Å². The summed E-state index contributed by atoms with van der Waals surface area (Å²) in [6.07, 6.45) is 2.19. The van der Waals surface area contributed by atoms with Crippen molar-refractivity contribution in [2.45, 2.75) is 40.2 Å². The molecule has 0 spiro atoms. The predicted octanol–water partition coefficient (Wildman–Crippen LogP) is 5.95. The lowest BCUT2D eigenvalue weighted by molar-refractivity contribution is 0.289. The summed E-state index contributed by atoms with van der Waals surface area (Å²) < 4.78 is 11.2. The van der Waals surface area contributed by atoms with Crippen LogP contribution in [0.3, 0.4) is 0 Å². The third-order valence-corrected chi connectivity index (χ3v) is 4.91. The molecule has 30 heavy (non-hydrogen) atoms. The maximum Gasteiger partial charge on any atom is 0.175 e. The Morgan fingerprint density at radius 3 is 2.20 bits per heavy atom. The number of methoxy groups -OCH3 is 1. The number of nitrogens with one attached hydrogen (secondary N) is 2. The van der Waals surface area contributed by atoms with Gasteiger partial charge >= 0.3 is 0 Å². The van der Waals surface area contributed by atoms with Crippen LogP contribution in [-0.4, -0.2) is 36.8 Å². The molecule has 7 heteroatoms. The minimum absolute atomic E-state index is 0. The molecule has 0 bridgehead atoms. The SMILES string of the molecule is CCCCOc1ccc(NC(=S)Nc2ccc(OC)c(CN(CC)CC)c2)cc1.Cl. The fourth-order valence-corrected chi connectivity index (χ4v) is 3.17. The van der Waals surface area contributed by atoms with Crippen LogP contribution in [0, 0.1) is 0 Å².